The van der Waals surface area contributed by atoms with E-state index in [9.17, 15) is 0 Å². The molecule has 0 rings (SSSR count). The summed E-state index contributed by atoms with van der Waals surface area (Å²) >= 11 is 0. The van der Waals surface area contributed by atoms with E-state index < -0.39 is 0 Å². The number of hydrogen-bond acceptors (Lipinski definition) is 2. The molecule has 0 fully saturated rings. The van der Waals surface area contributed by atoms with Crippen LogP contribution in [0.5, 0.6) is 0 Å². The van der Waals surface area contributed by atoms with Gasteiger partial charge in [-0.2, -0.15) is 0 Å². The van der Waals surface area contributed by atoms with E-state index in [0.717, 1.165) is 0 Å². The molecule has 0 atom stereocenters. The Morgan fingerprint density at radius 1 is 1.83 bits per heavy atom. The minimum absolute atomic E-state index is 0. The molecule has 0 saturated heterocycles. The van der Waals surface area contributed by atoms with E-state index in [1.54, 1.807) is 0 Å². The standard InChI is InChI=1S/C3H6NO.Y/c1-2-4-3-5;/h4-5H,1,3H2;/q-1;. The number of hydrogen-bond donors (Lipinski definition) is 2. The molecule has 2 nitrogen and oxygen atoms in total. The van der Waals surface area contributed by atoms with Gasteiger partial charge in [-0.15, -0.1) is 0 Å². The summed E-state index contributed by atoms with van der Waals surface area (Å²) in [4.78, 5) is 0. The van der Waals surface area contributed by atoms with Crippen LogP contribution in [0.25, 0.3) is 0 Å². The van der Waals surface area contributed by atoms with Gasteiger partial charge in [0.25, 0.3) is 0 Å². The summed E-state index contributed by atoms with van der Waals surface area (Å²) in [6.07, 6.45) is 2.27. The first-order valence-electron chi connectivity index (χ1n) is 1.27. The van der Waals surface area contributed by atoms with Crippen LogP contribution in [-0.4, -0.2) is 11.8 Å². The molecule has 0 aliphatic heterocycles. The van der Waals surface area contributed by atoms with Gasteiger partial charge in [0, 0.05) is 32.7 Å². The van der Waals surface area contributed by atoms with E-state index in [1.807, 2.05) is 0 Å². The van der Waals surface area contributed by atoms with Crippen molar-refractivity contribution in [3.63, 3.8) is 0 Å². The summed E-state index contributed by atoms with van der Waals surface area (Å²) < 4.78 is 0. The molecule has 0 aromatic rings. The first kappa shape index (κ1) is 9.78. The summed E-state index contributed by atoms with van der Waals surface area (Å²) in [5.41, 5.74) is 0. The van der Waals surface area contributed by atoms with E-state index in [4.69, 9.17) is 5.11 Å². The van der Waals surface area contributed by atoms with Crippen molar-refractivity contribution in [1.29, 1.82) is 0 Å². The molecule has 0 aromatic carbocycles. The Hall–Kier alpha value is 0.604. The normalized spacial score (nSPS) is 5.50. The fraction of sp³-hybridized carbons (Fsp3) is 0.333. The monoisotopic (exact) mass is 161 g/mol. The minimum Gasteiger partial charge on any atom is -0.547 e. The summed E-state index contributed by atoms with van der Waals surface area (Å²) in [6.45, 7) is 3.07. The molecule has 0 bridgehead atoms. The van der Waals surface area contributed by atoms with E-state index in [1.165, 1.54) is 0 Å². The SMILES string of the molecule is C=[C-]NCO.[Y]. The molecule has 2 N–H and O–H groups in total. The van der Waals surface area contributed by atoms with Crippen molar-refractivity contribution in [2.45, 2.75) is 0 Å². The van der Waals surface area contributed by atoms with E-state index in [2.05, 4.69) is 18.1 Å². The molecule has 1 radical (unpaired) electrons. The second-order valence-corrected chi connectivity index (χ2v) is 0.512. The van der Waals surface area contributed by atoms with E-state index >= 15 is 0 Å². The van der Waals surface area contributed by atoms with E-state index in [-0.39, 0.29) is 39.4 Å². The van der Waals surface area contributed by atoms with Gasteiger partial charge in [-0.1, -0.05) is 0 Å². The first-order valence-corrected chi connectivity index (χ1v) is 1.27. The molecule has 33 valence electrons. The summed E-state index contributed by atoms with van der Waals surface area (Å²) in [5.74, 6) is 0. The van der Waals surface area contributed by atoms with Gasteiger partial charge in [0.05, 0.1) is 6.73 Å². The number of nitrogens with one attached hydrogen (secondary N) is 1. The average molecular weight is 161 g/mol. The Labute approximate surface area is 62.5 Å². The van der Waals surface area contributed by atoms with Crippen LogP contribution >= 0.6 is 0 Å². The van der Waals surface area contributed by atoms with E-state index in [0.29, 0.717) is 0 Å². The Morgan fingerprint density at radius 2 is 2.33 bits per heavy atom. The quantitative estimate of drug-likeness (QED) is 0.324. The third-order valence-corrected chi connectivity index (χ3v) is 0.204. The van der Waals surface area contributed by atoms with Crippen LogP contribution in [0.1, 0.15) is 0 Å². The fourth-order valence-corrected chi connectivity index (χ4v) is 0.0559. The first-order chi connectivity index (χ1) is 2.41. The molecule has 6 heavy (non-hydrogen) atoms. The van der Waals surface area contributed by atoms with Crippen LogP contribution in [0.3, 0.4) is 0 Å². The van der Waals surface area contributed by atoms with Gasteiger partial charge in [-0.05, 0) is 0 Å². The molecule has 0 aliphatic rings. The molecule has 0 saturated carbocycles. The number of aliphatic hydroxyl groups is 1. The minimum atomic E-state index is -0.0799. The maximum Gasteiger partial charge on any atom is 0.0831 e. The molecule has 0 heterocycles. The molecule has 3 heteroatoms. The van der Waals surface area contributed by atoms with Crippen LogP contribution in [0, 0.1) is 6.20 Å². The zero-order chi connectivity index (χ0) is 4.12. The molecule has 0 spiro atoms. The Morgan fingerprint density at radius 3 is 2.33 bits per heavy atom. The Balaban J connectivity index is 0. The van der Waals surface area contributed by atoms with Crippen LogP contribution in [0.4, 0.5) is 0 Å². The summed E-state index contributed by atoms with van der Waals surface area (Å²) in [5, 5.41) is 10.2. The molecular formula is C3H6NOY-. The van der Waals surface area contributed by atoms with Crippen LogP contribution in [-0.2, 0) is 32.7 Å². The smallest absolute Gasteiger partial charge is 0.0831 e. The number of aliphatic hydroxyl groups excluding tert-OH is 1. The second kappa shape index (κ2) is 9.15. The maximum absolute atomic E-state index is 7.85. The third-order valence-electron chi connectivity index (χ3n) is 0.204. The largest absolute Gasteiger partial charge is 0.547 e. The van der Waals surface area contributed by atoms with Crippen molar-refractivity contribution in [3.05, 3.63) is 12.8 Å². The third kappa shape index (κ3) is 8.82. The molecule has 0 unspecified atom stereocenters. The van der Waals surface area contributed by atoms with Gasteiger partial charge in [-0.25, -0.2) is 0 Å². The molecule has 0 amide bonds. The van der Waals surface area contributed by atoms with Crippen molar-refractivity contribution in [3.8, 4) is 0 Å². The predicted octanol–water partition coefficient (Wildman–Crippen LogP) is -0.530. The van der Waals surface area contributed by atoms with Crippen LogP contribution in [0.15, 0.2) is 6.58 Å². The fourth-order valence-electron chi connectivity index (χ4n) is 0.0559. The van der Waals surface area contributed by atoms with Gasteiger partial charge in [0.2, 0.25) is 0 Å². The van der Waals surface area contributed by atoms with Crippen LogP contribution < -0.4 is 5.32 Å². The summed E-state index contributed by atoms with van der Waals surface area (Å²) in [7, 11) is 0. The zero-order valence-electron chi connectivity index (χ0n) is 3.44. The van der Waals surface area contributed by atoms with Crippen molar-refractivity contribution in [1.82, 2.24) is 5.32 Å². The van der Waals surface area contributed by atoms with Crippen molar-refractivity contribution in [2.24, 2.45) is 0 Å². The van der Waals surface area contributed by atoms with Gasteiger partial charge in [0.1, 0.15) is 0 Å². The Kier molecular flexibility index (Phi) is 14.9. The maximum atomic E-state index is 7.85. The van der Waals surface area contributed by atoms with Crippen molar-refractivity contribution < 1.29 is 37.8 Å². The average Bonchev–Trinajstić information content (AvgIpc) is 1.41. The van der Waals surface area contributed by atoms with Gasteiger partial charge < -0.3 is 16.6 Å². The summed E-state index contributed by atoms with van der Waals surface area (Å²) in [6, 6.07) is 0. The van der Waals surface area contributed by atoms with Gasteiger partial charge >= 0.3 is 0 Å². The second-order valence-electron chi connectivity index (χ2n) is 0.512. The van der Waals surface area contributed by atoms with Gasteiger partial charge in [-0.3, -0.25) is 6.58 Å². The number of rotatable bonds is 2. The molecule has 0 aromatic heterocycles. The van der Waals surface area contributed by atoms with Crippen LogP contribution in [0.2, 0.25) is 0 Å². The molecular weight excluding hydrogens is 155 g/mol. The van der Waals surface area contributed by atoms with Crippen molar-refractivity contribution >= 4 is 0 Å². The topological polar surface area (TPSA) is 32.3 Å². The molecule has 0 aliphatic carbocycles. The van der Waals surface area contributed by atoms with Gasteiger partial charge in [0.15, 0.2) is 0 Å². The Bertz CT molecular complexity index is 32.0. The zero-order valence-corrected chi connectivity index (χ0v) is 6.28. The predicted molar refractivity (Wildman–Crippen MR) is 19.1 cm³/mol. The van der Waals surface area contributed by atoms with Crippen molar-refractivity contribution in [2.75, 3.05) is 6.73 Å².